The molecule has 1 aromatic carbocycles. The van der Waals surface area contributed by atoms with Crippen LogP contribution in [0.4, 0.5) is 25.5 Å². The Labute approximate surface area is 217 Å². The van der Waals surface area contributed by atoms with Gasteiger partial charge in [0.15, 0.2) is 5.82 Å². The van der Waals surface area contributed by atoms with Gasteiger partial charge in [-0.2, -0.15) is 15.0 Å². The summed E-state index contributed by atoms with van der Waals surface area (Å²) in [4.78, 5) is 35.0. The van der Waals surface area contributed by atoms with Crippen molar-refractivity contribution in [3.8, 4) is 11.7 Å². The van der Waals surface area contributed by atoms with E-state index in [9.17, 15) is 18.7 Å². The lowest BCUT2D eigenvalue weighted by molar-refractivity contribution is 0.0598. The number of ether oxygens (including phenoxy) is 2. The highest BCUT2D eigenvalue weighted by atomic mass is 19.3. The Morgan fingerprint density at radius 1 is 1.08 bits per heavy atom. The highest BCUT2D eigenvalue weighted by Crippen LogP contribution is 2.33. The van der Waals surface area contributed by atoms with E-state index >= 15 is 0 Å². The molecule has 0 saturated carbocycles. The zero-order valence-corrected chi connectivity index (χ0v) is 21.6. The smallest absolute Gasteiger partial charge is 0.408 e. The topological polar surface area (TPSA) is 122 Å². The Bertz CT molecular complexity index is 1330. The van der Waals surface area contributed by atoms with Crippen molar-refractivity contribution in [1.82, 2.24) is 29.4 Å². The van der Waals surface area contributed by atoms with E-state index in [-0.39, 0.29) is 23.5 Å². The number of morpholine rings is 1. The first-order valence-electron chi connectivity index (χ1n) is 12.3. The molecule has 5 rings (SSSR count). The number of amides is 1. The molecule has 38 heavy (non-hydrogen) atoms. The minimum absolute atomic E-state index is 0.00286. The second-order valence-electron chi connectivity index (χ2n) is 10.2. The van der Waals surface area contributed by atoms with Crippen LogP contribution in [0.5, 0.6) is 5.75 Å². The van der Waals surface area contributed by atoms with Gasteiger partial charge in [0.1, 0.15) is 11.3 Å². The fourth-order valence-corrected chi connectivity index (χ4v) is 4.88. The molecule has 1 N–H and O–H groups in total. The zero-order valence-electron chi connectivity index (χ0n) is 21.6. The maximum atomic E-state index is 14.2. The Morgan fingerprint density at radius 2 is 1.71 bits per heavy atom. The minimum atomic E-state index is -2.90. The summed E-state index contributed by atoms with van der Waals surface area (Å²) < 4.78 is 40.4. The van der Waals surface area contributed by atoms with Crippen LogP contribution in [0.25, 0.3) is 17.0 Å². The number of methoxy groups -OCH3 is 1. The Hall–Kier alpha value is -3.81. The van der Waals surface area contributed by atoms with Gasteiger partial charge in [-0.15, -0.1) is 0 Å². The van der Waals surface area contributed by atoms with E-state index in [2.05, 4.69) is 19.9 Å². The molecule has 3 aromatic rings. The molecule has 0 unspecified atom stereocenters. The third-order valence-electron chi connectivity index (χ3n) is 6.62. The van der Waals surface area contributed by atoms with Gasteiger partial charge in [0.05, 0.1) is 31.9 Å². The lowest BCUT2D eigenvalue weighted by Gasteiger charge is -2.49. The van der Waals surface area contributed by atoms with E-state index in [4.69, 9.17) is 9.47 Å². The summed E-state index contributed by atoms with van der Waals surface area (Å²) >= 11 is 0. The van der Waals surface area contributed by atoms with Crippen LogP contribution in [0.1, 0.15) is 33.0 Å². The van der Waals surface area contributed by atoms with E-state index in [1.54, 1.807) is 18.2 Å². The largest absolute Gasteiger partial charge is 0.494 e. The van der Waals surface area contributed by atoms with Crippen LogP contribution < -0.4 is 14.5 Å². The van der Waals surface area contributed by atoms with E-state index in [1.165, 1.54) is 16.6 Å². The van der Waals surface area contributed by atoms with Crippen LogP contribution in [0, 0.1) is 0 Å². The van der Waals surface area contributed by atoms with Crippen molar-refractivity contribution in [3.63, 3.8) is 0 Å². The number of rotatable bonds is 6. The first-order chi connectivity index (χ1) is 18.1. The maximum Gasteiger partial charge on any atom is 0.408 e. The number of hydrogen-bond donors (Lipinski definition) is 1. The monoisotopic (exact) mass is 532 g/mol. The summed E-state index contributed by atoms with van der Waals surface area (Å²) in [6, 6.07) is 4.72. The fraction of sp³-hybridized carbons (Fsp3) is 0.542. The van der Waals surface area contributed by atoms with Crippen molar-refractivity contribution in [2.24, 2.45) is 0 Å². The molecule has 12 nitrogen and oxygen atoms in total. The molecule has 204 valence electrons. The molecule has 0 radical (unpaired) electrons. The van der Waals surface area contributed by atoms with Gasteiger partial charge in [0.25, 0.3) is 6.43 Å². The SMILES string of the molecule is COc1cccc2c1nc(C(F)F)n2-c1nc(N2CCOCC2)nc(N2CC(N(C(=O)O)C(C)(C)C)C2)n1. The minimum Gasteiger partial charge on any atom is -0.494 e. The highest BCUT2D eigenvalue weighted by molar-refractivity contribution is 5.84. The zero-order chi connectivity index (χ0) is 27.2. The number of carboxylic acid groups (broad SMARTS) is 1. The van der Waals surface area contributed by atoms with Crippen LogP contribution in [-0.2, 0) is 4.74 Å². The van der Waals surface area contributed by atoms with Crippen LogP contribution in [0.2, 0.25) is 0 Å². The first-order valence-corrected chi connectivity index (χ1v) is 12.3. The average molecular weight is 533 g/mol. The molecule has 14 heteroatoms. The number of benzene rings is 1. The van der Waals surface area contributed by atoms with Crippen LogP contribution in [0.3, 0.4) is 0 Å². The molecule has 4 heterocycles. The number of aromatic nitrogens is 5. The van der Waals surface area contributed by atoms with Gasteiger partial charge in [0.2, 0.25) is 17.8 Å². The number of nitrogens with zero attached hydrogens (tertiary/aromatic N) is 8. The van der Waals surface area contributed by atoms with Crippen LogP contribution in [0.15, 0.2) is 18.2 Å². The fourth-order valence-electron chi connectivity index (χ4n) is 4.88. The number of anilines is 2. The Kier molecular flexibility index (Phi) is 6.67. The third kappa shape index (κ3) is 4.64. The Morgan fingerprint density at radius 3 is 2.29 bits per heavy atom. The Balaban J connectivity index is 1.59. The molecule has 2 saturated heterocycles. The number of alkyl halides is 2. The average Bonchev–Trinajstić information content (AvgIpc) is 3.25. The highest BCUT2D eigenvalue weighted by Gasteiger charge is 2.41. The summed E-state index contributed by atoms with van der Waals surface area (Å²) in [5.41, 5.74) is 0.0507. The number of para-hydroxylation sites is 1. The van der Waals surface area contributed by atoms with Crippen molar-refractivity contribution in [3.05, 3.63) is 24.0 Å². The van der Waals surface area contributed by atoms with Gasteiger partial charge in [-0.05, 0) is 32.9 Å². The van der Waals surface area contributed by atoms with Crippen molar-refractivity contribution >= 4 is 29.0 Å². The van der Waals surface area contributed by atoms with Gasteiger partial charge in [0, 0.05) is 31.7 Å². The molecule has 0 aliphatic carbocycles. The molecule has 1 amide bonds. The summed E-state index contributed by atoms with van der Waals surface area (Å²) in [6.45, 7) is 8.25. The van der Waals surface area contributed by atoms with Gasteiger partial charge < -0.3 is 24.4 Å². The second-order valence-corrected chi connectivity index (χ2v) is 10.2. The number of fused-ring (bicyclic) bond motifs is 1. The summed E-state index contributed by atoms with van der Waals surface area (Å²) in [6.07, 6.45) is -3.91. The van der Waals surface area contributed by atoms with Gasteiger partial charge in [-0.3, -0.25) is 9.47 Å². The molecular weight excluding hydrogens is 502 g/mol. The third-order valence-corrected chi connectivity index (χ3v) is 6.62. The van der Waals surface area contributed by atoms with Gasteiger partial charge in [-0.25, -0.2) is 18.6 Å². The van der Waals surface area contributed by atoms with Crippen LogP contribution >= 0.6 is 0 Å². The molecule has 2 aromatic heterocycles. The molecule has 2 aliphatic rings. The van der Waals surface area contributed by atoms with Crippen LogP contribution in [-0.4, -0.2) is 98.7 Å². The maximum absolute atomic E-state index is 14.2. The summed E-state index contributed by atoms with van der Waals surface area (Å²) in [5.74, 6) is 0.440. The van der Waals surface area contributed by atoms with Crippen molar-refractivity contribution in [1.29, 1.82) is 0 Å². The van der Waals surface area contributed by atoms with Crippen molar-refractivity contribution in [2.45, 2.75) is 38.8 Å². The predicted molar refractivity (Wildman–Crippen MR) is 135 cm³/mol. The molecular formula is C24H30F2N8O4. The lowest BCUT2D eigenvalue weighted by Crippen LogP contribution is -2.65. The second kappa shape index (κ2) is 9.82. The van der Waals surface area contributed by atoms with Crippen molar-refractivity contribution < 1.29 is 28.2 Å². The van der Waals surface area contributed by atoms with Gasteiger partial charge >= 0.3 is 6.09 Å². The van der Waals surface area contributed by atoms with E-state index in [0.29, 0.717) is 56.6 Å². The number of halogens is 2. The molecule has 2 fully saturated rings. The molecule has 0 bridgehead atoms. The quantitative estimate of drug-likeness (QED) is 0.507. The van der Waals surface area contributed by atoms with E-state index in [1.807, 2.05) is 30.6 Å². The summed E-state index contributed by atoms with van der Waals surface area (Å²) in [5, 5.41) is 9.77. The normalized spacial score (nSPS) is 16.7. The van der Waals surface area contributed by atoms with Gasteiger partial charge in [-0.1, -0.05) is 6.07 Å². The molecule has 0 spiro atoms. The standard InChI is InChI=1S/C24H30F2N8O4/c1-24(2,3)34(23(35)36)14-12-32(13-14)21-28-20(31-8-10-38-11-9-31)29-22(30-21)33-15-6-5-7-16(37-4)17(15)27-19(33)18(25)26/h5-7,14,18H,8-13H2,1-4H3,(H,35,36). The number of imidazole rings is 1. The predicted octanol–water partition coefficient (Wildman–Crippen LogP) is 2.96. The number of carbonyl (C=O) groups is 1. The van der Waals surface area contributed by atoms with E-state index < -0.39 is 23.9 Å². The lowest BCUT2D eigenvalue weighted by atomic mass is 9.99. The van der Waals surface area contributed by atoms with E-state index in [0.717, 1.165) is 0 Å². The first kappa shape index (κ1) is 25.8. The molecule has 0 atom stereocenters. The number of hydrogen-bond acceptors (Lipinski definition) is 9. The summed E-state index contributed by atoms with van der Waals surface area (Å²) in [7, 11) is 1.45. The molecule has 2 aliphatic heterocycles. The van der Waals surface area contributed by atoms with Crippen molar-refractivity contribution in [2.75, 3.05) is 56.3 Å².